The van der Waals surface area contributed by atoms with E-state index in [2.05, 4.69) is 0 Å². The highest BCUT2D eigenvalue weighted by atomic mass is 32.2. The van der Waals surface area contributed by atoms with Crippen LogP contribution < -0.4 is 4.74 Å². The molecule has 0 N–H and O–H groups in total. The Morgan fingerprint density at radius 2 is 1.69 bits per heavy atom. The molecule has 0 radical (unpaired) electrons. The van der Waals surface area contributed by atoms with Gasteiger partial charge in [-0.1, -0.05) is 78.0 Å². The van der Waals surface area contributed by atoms with Crippen molar-refractivity contribution in [3.8, 4) is 5.75 Å². The number of alkyl halides is 2. The van der Waals surface area contributed by atoms with Crippen LogP contribution in [0.2, 0.25) is 0 Å². The molecule has 0 aliphatic rings. The highest BCUT2D eigenvalue weighted by molar-refractivity contribution is 8.03. The first-order valence-electron chi connectivity index (χ1n) is 9.58. The van der Waals surface area contributed by atoms with Crippen molar-refractivity contribution >= 4 is 11.8 Å². The molecule has 0 aromatic heterocycles. The van der Waals surface area contributed by atoms with Gasteiger partial charge in [-0.15, -0.1) is 0 Å². The zero-order valence-corrected chi connectivity index (χ0v) is 17.2. The lowest BCUT2D eigenvalue weighted by Gasteiger charge is -2.08. The maximum absolute atomic E-state index is 13.4. The maximum Gasteiger partial charge on any atom is 0.269 e. The zero-order valence-electron chi connectivity index (χ0n) is 16.4. The van der Waals surface area contributed by atoms with Crippen LogP contribution in [0.5, 0.6) is 5.75 Å². The average molecular weight is 411 g/mol. The molecule has 0 aliphatic heterocycles. The summed E-state index contributed by atoms with van der Waals surface area (Å²) in [6.07, 6.45) is 0.471. The molecule has 0 saturated heterocycles. The van der Waals surface area contributed by atoms with Crippen LogP contribution >= 0.6 is 11.8 Å². The number of hydrogen-bond acceptors (Lipinski definition) is 2. The molecule has 3 aromatic rings. The minimum Gasteiger partial charge on any atom is -0.489 e. The lowest BCUT2D eigenvalue weighted by Crippen LogP contribution is -1.95. The standard InChI is InChI=1S/C25H24F2OS/c1-19-7-5-11-23(17-19)29-24(25(26)27)12-6-10-20-13-15-22(16-14-20)28-18-21-8-3-2-4-9-21/h2-5,7-9,11-17,25H,6,10,18H2,1H3/b24-12-. The fraction of sp³-hybridized carbons (Fsp3) is 0.200. The van der Waals surface area contributed by atoms with Crippen molar-refractivity contribution in [2.45, 2.75) is 37.7 Å². The lowest BCUT2D eigenvalue weighted by molar-refractivity contribution is 0.199. The number of ether oxygens (including phenoxy) is 1. The Morgan fingerprint density at radius 3 is 2.38 bits per heavy atom. The quantitative estimate of drug-likeness (QED) is 0.339. The fourth-order valence-electron chi connectivity index (χ4n) is 2.86. The predicted molar refractivity (Wildman–Crippen MR) is 117 cm³/mol. The number of benzene rings is 3. The van der Waals surface area contributed by atoms with E-state index in [1.54, 1.807) is 6.08 Å². The smallest absolute Gasteiger partial charge is 0.269 e. The van der Waals surface area contributed by atoms with Gasteiger partial charge in [-0.2, -0.15) is 0 Å². The van der Waals surface area contributed by atoms with Crippen molar-refractivity contribution in [3.63, 3.8) is 0 Å². The van der Waals surface area contributed by atoms with Crippen LogP contribution in [0.15, 0.2) is 94.7 Å². The van der Waals surface area contributed by atoms with E-state index in [9.17, 15) is 8.78 Å². The van der Waals surface area contributed by atoms with Crippen LogP contribution in [0.1, 0.15) is 23.1 Å². The third kappa shape index (κ3) is 7.06. The first-order chi connectivity index (χ1) is 14.1. The molecule has 0 saturated carbocycles. The molecule has 0 bridgehead atoms. The Hall–Kier alpha value is -2.59. The van der Waals surface area contributed by atoms with Crippen molar-refractivity contribution in [2.24, 2.45) is 0 Å². The van der Waals surface area contributed by atoms with Gasteiger partial charge in [0.2, 0.25) is 0 Å². The highest BCUT2D eigenvalue weighted by Crippen LogP contribution is 2.32. The molecular formula is C25H24F2OS. The second kappa shape index (κ2) is 10.8. The molecular weight excluding hydrogens is 386 g/mol. The normalized spacial score (nSPS) is 11.7. The van der Waals surface area contributed by atoms with E-state index in [1.807, 2.05) is 85.8 Å². The van der Waals surface area contributed by atoms with Crippen molar-refractivity contribution in [2.75, 3.05) is 0 Å². The lowest BCUT2D eigenvalue weighted by atomic mass is 10.1. The van der Waals surface area contributed by atoms with Gasteiger partial charge in [-0.3, -0.25) is 0 Å². The summed E-state index contributed by atoms with van der Waals surface area (Å²) in [7, 11) is 0. The number of aryl methyl sites for hydroxylation is 2. The molecule has 4 heteroatoms. The molecule has 29 heavy (non-hydrogen) atoms. The zero-order chi connectivity index (χ0) is 20.5. The van der Waals surface area contributed by atoms with Crippen LogP contribution in [-0.2, 0) is 13.0 Å². The summed E-state index contributed by atoms with van der Waals surface area (Å²) in [4.78, 5) is 0.954. The van der Waals surface area contributed by atoms with Crippen LogP contribution in [0, 0.1) is 6.92 Å². The number of allylic oxidation sites excluding steroid dienone is 2. The summed E-state index contributed by atoms with van der Waals surface area (Å²) in [6.45, 7) is 2.49. The van der Waals surface area contributed by atoms with Gasteiger partial charge in [0, 0.05) is 4.90 Å². The van der Waals surface area contributed by atoms with Crippen molar-refractivity contribution < 1.29 is 13.5 Å². The van der Waals surface area contributed by atoms with Crippen molar-refractivity contribution in [1.29, 1.82) is 0 Å². The number of halogens is 2. The summed E-state index contributed by atoms with van der Waals surface area (Å²) in [6, 6.07) is 25.5. The molecule has 0 heterocycles. The van der Waals surface area contributed by atoms with E-state index in [-0.39, 0.29) is 4.91 Å². The van der Waals surface area contributed by atoms with Gasteiger partial charge in [-0.25, -0.2) is 8.78 Å². The maximum atomic E-state index is 13.4. The molecule has 150 valence electrons. The van der Waals surface area contributed by atoms with Crippen LogP contribution in [0.25, 0.3) is 0 Å². The van der Waals surface area contributed by atoms with E-state index in [1.165, 1.54) is 0 Å². The fourth-order valence-corrected chi connectivity index (χ4v) is 3.82. The van der Waals surface area contributed by atoms with E-state index >= 15 is 0 Å². The van der Waals surface area contributed by atoms with Gasteiger partial charge in [0.15, 0.2) is 0 Å². The number of hydrogen-bond donors (Lipinski definition) is 0. The second-order valence-electron chi connectivity index (χ2n) is 6.78. The van der Waals surface area contributed by atoms with E-state index < -0.39 is 6.43 Å². The molecule has 0 spiro atoms. The topological polar surface area (TPSA) is 9.23 Å². The van der Waals surface area contributed by atoms with Gasteiger partial charge in [0.05, 0.1) is 4.91 Å². The Balaban J connectivity index is 1.52. The molecule has 0 fully saturated rings. The van der Waals surface area contributed by atoms with Gasteiger partial charge < -0.3 is 4.74 Å². The van der Waals surface area contributed by atoms with E-state index in [4.69, 9.17) is 4.74 Å². The highest BCUT2D eigenvalue weighted by Gasteiger charge is 2.12. The van der Waals surface area contributed by atoms with Crippen LogP contribution in [0.4, 0.5) is 8.78 Å². The van der Waals surface area contributed by atoms with Crippen LogP contribution in [0.3, 0.4) is 0 Å². The van der Waals surface area contributed by atoms with Gasteiger partial charge in [0.1, 0.15) is 12.4 Å². The predicted octanol–water partition coefficient (Wildman–Crippen LogP) is 7.45. The van der Waals surface area contributed by atoms with E-state index in [0.29, 0.717) is 19.4 Å². The number of thioether (sulfide) groups is 1. The molecule has 0 amide bonds. The minimum absolute atomic E-state index is 0.110. The third-order valence-electron chi connectivity index (χ3n) is 4.39. The Morgan fingerprint density at radius 1 is 0.931 bits per heavy atom. The van der Waals surface area contributed by atoms with Gasteiger partial charge in [0.25, 0.3) is 6.43 Å². The summed E-state index contributed by atoms with van der Waals surface area (Å²) >= 11 is 1.14. The van der Waals surface area contributed by atoms with Crippen molar-refractivity contribution in [3.05, 3.63) is 107 Å². The first-order valence-corrected chi connectivity index (χ1v) is 10.4. The summed E-state index contributed by atoms with van der Waals surface area (Å²) in [5, 5.41) is 0. The largest absolute Gasteiger partial charge is 0.489 e. The van der Waals surface area contributed by atoms with Crippen LogP contribution in [-0.4, -0.2) is 6.43 Å². The molecule has 0 unspecified atom stereocenters. The van der Waals surface area contributed by atoms with Crippen molar-refractivity contribution in [1.82, 2.24) is 0 Å². The molecule has 3 aromatic carbocycles. The minimum atomic E-state index is -2.46. The van der Waals surface area contributed by atoms with Gasteiger partial charge in [-0.05, 0) is 55.2 Å². The second-order valence-corrected chi connectivity index (χ2v) is 7.93. The number of rotatable bonds is 9. The molecule has 0 atom stereocenters. The monoisotopic (exact) mass is 410 g/mol. The molecule has 0 aliphatic carbocycles. The molecule has 3 rings (SSSR count). The Bertz CT molecular complexity index is 921. The van der Waals surface area contributed by atoms with E-state index in [0.717, 1.165) is 39.1 Å². The van der Waals surface area contributed by atoms with Gasteiger partial charge >= 0.3 is 0 Å². The third-order valence-corrected chi connectivity index (χ3v) is 5.46. The summed E-state index contributed by atoms with van der Waals surface area (Å²) in [5.74, 6) is 0.802. The Kier molecular flexibility index (Phi) is 7.88. The SMILES string of the molecule is Cc1cccc(S/C(=C\CCc2ccc(OCc3ccccc3)cc2)C(F)F)c1. The Labute approximate surface area is 175 Å². The average Bonchev–Trinajstić information content (AvgIpc) is 2.73. The summed E-state index contributed by atoms with van der Waals surface area (Å²) in [5.41, 5.74) is 3.29. The molecule has 1 nitrogen and oxygen atoms in total. The first kappa shape index (κ1) is 21.1. The summed E-state index contributed by atoms with van der Waals surface area (Å²) < 4.78 is 32.5.